The molecule has 0 aromatic carbocycles. The monoisotopic (exact) mass is 294 g/mol. The lowest BCUT2D eigenvalue weighted by Crippen LogP contribution is -2.39. The predicted molar refractivity (Wildman–Crippen MR) is 76.2 cm³/mol. The number of ether oxygens (including phenoxy) is 1. The van der Waals surface area contributed by atoms with Gasteiger partial charge in [0.1, 0.15) is 6.54 Å². The Hall–Kier alpha value is -2.38. The third-order valence-corrected chi connectivity index (χ3v) is 3.15. The zero-order chi connectivity index (χ0) is 15.6. The van der Waals surface area contributed by atoms with Crippen molar-refractivity contribution in [3.63, 3.8) is 0 Å². The SMILES string of the molecule is CCCn1c(=O)n(C)c(=O)c2c1ncn2CC(=O)OCC. The Kier molecular flexibility index (Phi) is 4.25. The van der Waals surface area contributed by atoms with Gasteiger partial charge in [-0.05, 0) is 13.3 Å². The molecule has 0 bridgehead atoms. The van der Waals surface area contributed by atoms with E-state index in [9.17, 15) is 14.4 Å². The number of aryl methyl sites for hydroxylation is 1. The first-order chi connectivity index (χ1) is 10.0. The first-order valence-electron chi connectivity index (χ1n) is 6.81. The standard InChI is InChI=1S/C13H18N4O4/c1-4-6-17-11-10(12(19)15(3)13(17)20)16(8-14-11)7-9(18)21-5-2/h8H,4-7H2,1-3H3. The molecule has 0 aliphatic heterocycles. The zero-order valence-corrected chi connectivity index (χ0v) is 12.3. The molecule has 2 aromatic rings. The van der Waals surface area contributed by atoms with E-state index in [0.29, 0.717) is 12.2 Å². The van der Waals surface area contributed by atoms with Crippen LogP contribution < -0.4 is 11.2 Å². The molecule has 0 amide bonds. The van der Waals surface area contributed by atoms with Gasteiger partial charge in [0.05, 0.1) is 12.9 Å². The van der Waals surface area contributed by atoms with Crippen molar-refractivity contribution in [3.05, 3.63) is 27.2 Å². The Bertz CT molecular complexity index is 784. The summed E-state index contributed by atoms with van der Waals surface area (Å²) in [5.41, 5.74) is -0.340. The summed E-state index contributed by atoms with van der Waals surface area (Å²) in [5.74, 6) is -0.452. The van der Waals surface area contributed by atoms with E-state index in [-0.39, 0.29) is 18.7 Å². The van der Waals surface area contributed by atoms with Gasteiger partial charge in [0.25, 0.3) is 5.56 Å². The second-order valence-electron chi connectivity index (χ2n) is 4.65. The number of esters is 1. The average molecular weight is 294 g/mol. The number of fused-ring (bicyclic) bond motifs is 1. The maximum atomic E-state index is 12.3. The lowest BCUT2D eigenvalue weighted by atomic mass is 10.4. The first-order valence-corrected chi connectivity index (χ1v) is 6.81. The van der Waals surface area contributed by atoms with Gasteiger partial charge < -0.3 is 9.30 Å². The fourth-order valence-corrected chi connectivity index (χ4v) is 2.20. The molecule has 2 aromatic heterocycles. The Morgan fingerprint density at radius 3 is 2.67 bits per heavy atom. The van der Waals surface area contributed by atoms with Crippen molar-refractivity contribution in [2.45, 2.75) is 33.4 Å². The number of nitrogens with zero attached hydrogens (tertiary/aromatic N) is 4. The summed E-state index contributed by atoms with van der Waals surface area (Å²) < 4.78 is 8.76. The molecule has 0 atom stereocenters. The highest BCUT2D eigenvalue weighted by Crippen LogP contribution is 2.07. The van der Waals surface area contributed by atoms with E-state index >= 15 is 0 Å². The largest absolute Gasteiger partial charge is 0.465 e. The lowest BCUT2D eigenvalue weighted by Gasteiger charge is -2.08. The number of rotatable bonds is 5. The molecule has 0 unspecified atom stereocenters. The lowest BCUT2D eigenvalue weighted by molar-refractivity contribution is -0.143. The van der Waals surface area contributed by atoms with Crippen molar-refractivity contribution in [2.75, 3.05) is 6.61 Å². The van der Waals surface area contributed by atoms with Gasteiger partial charge in [0, 0.05) is 13.6 Å². The summed E-state index contributed by atoms with van der Waals surface area (Å²) in [6.45, 7) is 4.26. The summed E-state index contributed by atoms with van der Waals surface area (Å²) in [4.78, 5) is 40.1. The fraction of sp³-hybridized carbons (Fsp3) is 0.538. The van der Waals surface area contributed by atoms with Crippen LogP contribution in [0.5, 0.6) is 0 Å². The van der Waals surface area contributed by atoms with Crippen LogP contribution in [0.3, 0.4) is 0 Å². The molecule has 0 spiro atoms. The molecular weight excluding hydrogens is 276 g/mol. The topological polar surface area (TPSA) is 88.1 Å². The molecule has 2 rings (SSSR count). The van der Waals surface area contributed by atoms with E-state index < -0.39 is 17.2 Å². The van der Waals surface area contributed by atoms with Crippen molar-refractivity contribution >= 4 is 17.1 Å². The molecule has 2 heterocycles. The number of imidazole rings is 1. The second kappa shape index (κ2) is 5.94. The van der Waals surface area contributed by atoms with E-state index in [1.165, 1.54) is 22.5 Å². The Morgan fingerprint density at radius 2 is 2.05 bits per heavy atom. The highest BCUT2D eigenvalue weighted by Gasteiger charge is 2.17. The van der Waals surface area contributed by atoms with Crippen molar-refractivity contribution in [1.82, 2.24) is 18.7 Å². The van der Waals surface area contributed by atoms with Gasteiger partial charge in [-0.2, -0.15) is 0 Å². The smallest absolute Gasteiger partial charge is 0.332 e. The van der Waals surface area contributed by atoms with Gasteiger partial charge in [-0.3, -0.25) is 18.7 Å². The highest BCUT2D eigenvalue weighted by atomic mass is 16.5. The van der Waals surface area contributed by atoms with Crippen LogP contribution in [-0.2, 0) is 29.7 Å². The van der Waals surface area contributed by atoms with Gasteiger partial charge in [-0.1, -0.05) is 6.92 Å². The van der Waals surface area contributed by atoms with Crippen molar-refractivity contribution < 1.29 is 9.53 Å². The van der Waals surface area contributed by atoms with Crippen LogP contribution in [0, 0.1) is 0 Å². The molecule has 0 fully saturated rings. The molecular formula is C13H18N4O4. The maximum absolute atomic E-state index is 12.3. The van der Waals surface area contributed by atoms with Crippen molar-refractivity contribution in [2.24, 2.45) is 7.05 Å². The molecule has 8 nitrogen and oxygen atoms in total. The zero-order valence-electron chi connectivity index (χ0n) is 12.3. The number of aromatic nitrogens is 4. The quantitative estimate of drug-likeness (QED) is 0.717. The summed E-state index contributed by atoms with van der Waals surface area (Å²) in [7, 11) is 1.41. The van der Waals surface area contributed by atoms with E-state index in [0.717, 1.165) is 11.0 Å². The second-order valence-corrected chi connectivity index (χ2v) is 4.65. The van der Waals surface area contributed by atoms with E-state index in [1.807, 2.05) is 6.92 Å². The Morgan fingerprint density at radius 1 is 1.33 bits per heavy atom. The van der Waals surface area contributed by atoms with Gasteiger partial charge in [0.2, 0.25) is 0 Å². The molecule has 0 N–H and O–H groups in total. The van der Waals surface area contributed by atoms with Crippen LogP contribution in [0.4, 0.5) is 0 Å². The molecule has 0 saturated heterocycles. The predicted octanol–water partition coefficient (Wildman–Crippen LogP) is -0.130. The van der Waals surface area contributed by atoms with Gasteiger partial charge >= 0.3 is 11.7 Å². The van der Waals surface area contributed by atoms with E-state index in [1.54, 1.807) is 6.92 Å². The number of carbonyl (C=O) groups is 1. The van der Waals surface area contributed by atoms with Crippen LogP contribution in [0.15, 0.2) is 15.9 Å². The van der Waals surface area contributed by atoms with Crippen molar-refractivity contribution in [3.8, 4) is 0 Å². The minimum absolute atomic E-state index is 0.107. The van der Waals surface area contributed by atoms with Crippen LogP contribution in [0.25, 0.3) is 11.2 Å². The van der Waals surface area contributed by atoms with E-state index in [2.05, 4.69) is 4.98 Å². The molecule has 114 valence electrons. The van der Waals surface area contributed by atoms with Crippen LogP contribution in [-0.4, -0.2) is 31.3 Å². The average Bonchev–Trinajstić information content (AvgIpc) is 2.85. The maximum Gasteiger partial charge on any atom is 0.332 e. The molecule has 0 radical (unpaired) electrons. The third-order valence-electron chi connectivity index (χ3n) is 3.15. The Labute approximate surface area is 120 Å². The molecule has 0 saturated carbocycles. The fourth-order valence-electron chi connectivity index (χ4n) is 2.20. The van der Waals surface area contributed by atoms with Crippen LogP contribution in [0.1, 0.15) is 20.3 Å². The molecule has 8 heteroatoms. The van der Waals surface area contributed by atoms with Crippen LogP contribution in [0.2, 0.25) is 0 Å². The summed E-state index contributed by atoms with van der Waals surface area (Å²) in [6.07, 6.45) is 2.12. The first kappa shape index (κ1) is 15.0. The molecule has 0 aliphatic carbocycles. The summed E-state index contributed by atoms with van der Waals surface area (Å²) >= 11 is 0. The van der Waals surface area contributed by atoms with E-state index in [4.69, 9.17) is 4.74 Å². The normalized spacial score (nSPS) is 11.0. The minimum atomic E-state index is -0.468. The molecule has 21 heavy (non-hydrogen) atoms. The Balaban J connectivity index is 2.64. The van der Waals surface area contributed by atoms with Gasteiger partial charge in [-0.15, -0.1) is 0 Å². The number of hydrogen-bond acceptors (Lipinski definition) is 5. The summed E-state index contributed by atoms with van der Waals surface area (Å²) in [5, 5.41) is 0. The number of carbonyl (C=O) groups excluding carboxylic acids is 1. The van der Waals surface area contributed by atoms with Crippen molar-refractivity contribution in [1.29, 1.82) is 0 Å². The third kappa shape index (κ3) is 2.61. The van der Waals surface area contributed by atoms with Crippen LogP contribution >= 0.6 is 0 Å². The van der Waals surface area contributed by atoms with Gasteiger partial charge in [0.15, 0.2) is 11.2 Å². The minimum Gasteiger partial charge on any atom is -0.465 e. The summed E-state index contributed by atoms with van der Waals surface area (Å²) in [6, 6.07) is 0. The number of hydrogen-bond donors (Lipinski definition) is 0. The highest BCUT2D eigenvalue weighted by molar-refractivity contribution is 5.75. The van der Waals surface area contributed by atoms with Gasteiger partial charge in [-0.25, -0.2) is 9.78 Å². The molecule has 0 aliphatic rings.